The maximum atomic E-state index is 14.3. The molecule has 0 amide bonds. The number of hydrogen-bond donors (Lipinski definition) is 1. The van der Waals surface area contributed by atoms with Crippen molar-refractivity contribution in [1.29, 1.82) is 0 Å². The van der Waals surface area contributed by atoms with E-state index in [1.54, 1.807) is 0 Å². The smallest absolute Gasteiger partial charge is 0.204 e. The lowest BCUT2D eigenvalue weighted by molar-refractivity contribution is 0.238. The Labute approximate surface area is 164 Å². The van der Waals surface area contributed by atoms with Gasteiger partial charge in [-0.05, 0) is 56.1 Å². The molecule has 0 aliphatic carbocycles. The lowest BCUT2D eigenvalue weighted by Crippen LogP contribution is -2.46. The van der Waals surface area contributed by atoms with Crippen molar-refractivity contribution in [3.05, 3.63) is 60.7 Å². The summed E-state index contributed by atoms with van der Waals surface area (Å²) < 4.78 is 14.3. The second-order valence-electron chi connectivity index (χ2n) is 7.97. The van der Waals surface area contributed by atoms with E-state index >= 15 is 0 Å². The van der Waals surface area contributed by atoms with Gasteiger partial charge in [-0.2, -0.15) is 0 Å². The molecule has 146 valence electrons. The Hall–Kier alpha value is -1.41. The average molecular weight is 385 g/mol. The molecule has 27 heavy (non-hydrogen) atoms. The second kappa shape index (κ2) is 9.68. The lowest BCUT2D eigenvalue weighted by atomic mass is 10.1. The zero-order chi connectivity index (χ0) is 19.1. The minimum absolute atomic E-state index is 0.189. The Kier molecular flexibility index (Phi) is 7.29. The van der Waals surface area contributed by atoms with Crippen molar-refractivity contribution in [2.75, 3.05) is 19.6 Å². The van der Waals surface area contributed by atoms with Gasteiger partial charge in [0.1, 0.15) is 0 Å². The van der Waals surface area contributed by atoms with Crippen LogP contribution in [0.5, 0.6) is 0 Å². The molecule has 1 fully saturated rings. The van der Waals surface area contributed by atoms with E-state index in [1.165, 1.54) is 25.7 Å². The van der Waals surface area contributed by atoms with E-state index in [0.29, 0.717) is 5.92 Å². The van der Waals surface area contributed by atoms with Gasteiger partial charge in [0.15, 0.2) is 0 Å². The van der Waals surface area contributed by atoms with Crippen molar-refractivity contribution < 1.29 is 4.57 Å². The molecule has 3 rings (SSSR count). The van der Waals surface area contributed by atoms with Crippen LogP contribution >= 0.6 is 7.29 Å². The third-order valence-corrected chi connectivity index (χ3v) is 8.29. The fourth-order valence-corrected chi connectivity index (χ4v) is 6.43. The number of hydrogen-bond acceptors (Lipinski definition) is 2. The SMILES string of the molecule is CC(C)[C@H](CN1CCCCCC1)NP(=O)(c1ccccc1)c1ccccc1. The van der Waals surface area contributed by atoms with Gasteiger partial charge in [-0.25, -0.2) is 0 Å². The van der Waals surface area contributed by atoms with Gasteiger partial charge in [0.25, 0.3) is 0 Å². The van der Waals surface area contributed by atoms with Gasteiger partial charge in [-0.3, -0.25) is 9.65 Å². The molecule has 1 atom stereocenters. The molecule has 1 aliphatic rings. The van der Waals surface area contributed by atoms with E-state index < -0.39 is 7.29 Å². The summed E-state index contributed by atoms with van der Waals surface area (Å²) in [4.78, 5) is 2.56. The van der Waals surface area contributed by atoms with Gasteiger partial charge in [0.2, 0.25) is 7.29 Å². The third-order valence-electron chi connectivity index (χ3n) is 5.55. The molecule has 0 bridgehead atoms. The van der Waals surface area contributed by atoms with Gasteiger partial charge >= 0.3 is 0 Å². The van der Waals surface area contributed by atoms with Crippen LogP contribution in [0.25, 0.3) is 0 Å². The maximum absolute atomic E-state index is 14.3. The highest BCUT2D eigenvalue weighted by Crippen LogP contribution is 2.40. The van der Waals surface area contributed by atoms with Crippen molar-refractivity contribution in [2.45, 2.75) is 45.6 Å². The monoisotopic (exact) mass is 384 g/mol. The Morgan fingerprint density at radius 3 is 1.78 bits per heavy atom. The summed E-state index contributed by atoms with van der Waals surface area (Å²) in [7, 11) is -2.89. The third kappa shape index (κ3) is 5.31. The van der Waals surface area contributed by atoms with Crippen molar-refractivity contribution >= 4 is 17.9 Å². The van der Waals surface area contributed by atoms with Gasteiger partial charge in [-0.1, -0.05) is 63.1 Å². The molecule has 1 saturated heterocycles. The van der Waals surface area contributed by atoms with Crippen LogP contribution < -0.4 is 15.7 Å². The Bertz CT molecular complexity index is 681. The van der Waals surface area contributed by atoms with Gasteiger partial charge < -0.3 is 4.90 Å². The lowest BCUT2D eigenvalue weighted by Gasteiger charge is -2.33. The van der Waals surface area contributed by atoms with Crippen molar-refractivity contribution in [3.8, 4) is 0 Å². The van der Waals surface area contributed by atoms with Gasteiger partial charge in [-0.15, -0.1) is 0 Å². The largest absolute Gasteiger partial charge is 0.302 e. The van der Waals surface area contributed by atoms with Crippen LogP contribution in [0.2, 0.25) is 0 Å². The van der Waals surface area contributed by atoms with Crippen LogP contribution in [0, 0.1) is 5.92 Å². The quantitative estimate of drug-likeness (QED) is 0.718. The predicted molar refractivity (Wildman–Crippen MR) is 116 cm³/mol. The molecule has 0 radical (unpaired) electrons. The fraction of sp³-hybridized carbons (Fsp3) is 0.478. The Morgan fingerprint density at radius 1 is 0.852 bits per heavy atom. The summed E-state index contributed by atoms with van der Waals surface area (Å²) in [6.45, 7) is 7.74. The minimum atomic E-state index is -2.89. The van der Waals surface area contributed by atoms with Crippen molar-refractivity contribution in [2.24, 2.45) is 5.92 Å². The molecule has 4 heteroatoms. The van der Waals surface area contributed by atoms with E-state index in [2.05, 4.69) is 23.8 Å². The normalized spacial score (nSPS) is 17.6. The fourth-order valence-electron chi connectivity index (χ4n) is 3.81. The van der Waals surface area contributed by atoms with E-state index in [9.17, 15) is 4.57 Å². The second-order valence-corrected chi connectivity index (χ2v) is 10.5. The molecule has 0 spiro atoms. The first-order chi connectivity index (χ1) is 13.1. The summed E-state index contributed by atoms with van der Waals surface area (Å²) in [5.41, 5.74) is 0. The van der Waals surface area contributed by atoms with Crippen LogP contribution in [-0.4, -0.2) is 30.6 Å². The standard InChI is InChI=1S/C23H33N2OP/c1-20(2)23(19-25-17-11-3-4-12-18-25)24-27(26,21-13-7-5-8-14-21)22-15-9-6-10-16-22/h5-10,13-16,20,23H,3-4,11-12,17-19H2,1-2H3,(H,24,26)/t23-/m0/s1. The van der Waals surface area contributed by atoms with Crippen molar-refractivity contribution in [3.63, 3.8) is 0 Å². The van der Waals surface area contributed by atoms with Crippen LogP contribution in [0.15, 0.2) is 60.7 Å². The molecule has 1 heterocycles. The van der Waals surface area contributed by atoms with Gasteiger partial charge in [0, 0.05) is 23.2 Å². The number of nitrogens with one attached hydrogen (secondary N) is 1. The van der Waals surface area contributed by atoms with E-state index in [4.69, 9.17) is 0 Å². The summed E-state index contributed by atoms with van der Waals surface area (Å²) >= 11 is 0. The molecule has 0 saturated carbocycles. The Morgan fingerprint density at radius 2 is 1.33 bits per heavy atom. The first-order valence-electron chi connectivity index (χ1n) is 10.3. The van der Waals surface area contributed by atoms with Gasteiger partial charge in [0.05, 0.1) is 0 Å². The highest BCUT2D eigenvalue weighted by atomic mass is 31.2. The predicted octanol–water partition coefficient (Wildman–Crippen LogP) is 4.41. The van der Waals surface area contributed by atoms with Crippen LogP contribution in [0.4, 0.5) is 0 Å². The summed E-state index contributed by atoms with van der Waals surface area (Å²) in [6, 6.07) is 20.0. The average Bonchev–Trinajstić information content (AvgIpc) is 2.97. The summed E-state index contributed by atoms with van der Waals surface area (Å²) in [5, 5.41) is 5.42. The van der Waals surface area contributed by atoms with Crippen LogP contribution in [0.1, 0.15) is 39.5 Å². The summed E-state index contributed by atoms with van der Waals surface area (Å²) in [6.07, 6.45) is 5.23. The van der Waals surface area contributed by atoms with Crippen LogP contribution in [-0.2, 0) is 4.57 Å². The zero-order valence-corrected chi connectivity index (χ0v) is 17.6. The number of rotatable bonds is 7. The molecular weight excluding hydrogens is 351 g/mol. The van der Waals surface area contributed by atoms with E-state index in [1.807, 2.05) is 60.7 Å². The highest BCUT2D eigenvalue weighted by Gasteiger charge is 2.32. The topological polar surface area (TPSA) is 32.3 Å². The number of benzene rings is 2. The molecule has 1 N–H and O–H groups in total. The first kappa shape index (κ1) is 20.3. The van der Waals surface area contributed by atoms with Crippen LogP contribution in [0.3, 0.4) is 0 Å². The molecular formula is C23H33N2OP. The maximum Gasteiger partial charge on any atom is 0.204 e. The molecule has 3 nitrogen and oxygen atoms in total. The molecule has 2 aromatic rings. The molecule has 0 unspecified atom stereocenters. The number of likely N-dealkylation sites (tertiary alicyclic amines) is 1. The Balaban J connectivity index is 1.88. The van der Waals surface area contributed by atoms with E-state index in [-0.39, 0.29) is 6.04 Å². The molecule has 1 aliphatic heterocycles. The molecule has 0 aromatic heterocycles. The molecule has 2 aromatic carbocycles. The minimum Gasteiger partial charge on any atom is -0.302 e. The highest BCUT2D eigenvalue weighted by molar-refractivity contribution is 7.76. The summed E-state index contributed by atoms with van der Waals surface area (Å²) in [5.74, 6) is 0.411. The number of nitrogens with zero attached hydrogens (tertiary/aromatic N) is 1. The first-order valence-corrected chi connectivity index (χ1v) is 12.0. The van der Waals surface area contributed by atoms with E-state index in [0.717, 1.165) is 30.2 Å². The van der Waals surface area contributed by atoms with Crippen molar-refractivity contribution in [1.82, 2.24) is 9.99 Å². The zero-order valence-electron chi connectivity index (χ0n) is 16.7.